The third-order valence-corrected chi connectivity index (χ3v) is 6.30. The maximum atomic E-state index is 13.8. The summed E-state index contributed by atoms with van der Waals surface area (Å²) >= 11 is 0. The van der Waals surface area contributed by atoms with Crippen molar-refractivity contribution in [3.8, 4) is 0 Å². The van der Waals surface area contributed by atoms with Gasteiger partial charge in [0.2, 0.25) is 5.91 Å². The number of hydrogen-bond acceptors (Lipinski definition) is 2. The summed E-state index contributed by atoms with van der Waals surface area (Å²) in [4.78, 5) is 28.1. The molecular formula is C25H24N2O2. The summed E-state index contributed by atoms with van der Waals surface area (Å²) in [6.07, 6.45) is 1.05. The molecule has 4 nitrogen and oxygen atoms in total. The van der Waals surface area contributed by atoms with Gasteiger partial charge in [0.1, 0.15) is 0 Å². The molecule has 4 heteroatoms. The average Bonchev–Trinajstić information content (AvgIpc) is 2.76. The number of pyridine rings is 1. The fourth-order valence-electron chi connectivity index (χ4n) is 5.03. The highest BCUT2D eigenvalue weighted by Crippen LogP contribution is 2.37. The van der Waals surface area contributed by atoms with Crippen molar-refractivity contribution in [2.45, 2.75) is 24.8 Å². The first-order chi connectivity index (χ1) is 14.2. The van der Waals surface area contributed by atoms with Gasteiger partial charge < -0.3 is 9.47 Å². The van der Waals surface area contributed by atoms with E-state index in [0.29, 0.717) is 25.6 Å². The maximum absolute atomic E-state index is 13.8. The Hall–Kier alpha value is -3.14. The molecule has 0 saturated carbocycles. The Bertz CT molecular complexity index is 1040. The van der Waals surface area contributed by atoms with Crippen LogP contribution >= 0.6 is 0 Å². The number of carbonyl (C=O) groups excluding carboxylic acids is 1. The van der Waals surface area contributed by atoms with E-state index in [2.05, 4.69) is 0 Å². The maximum Gasteiger partial charge on any atom is 0.250 e. The Morgan fingerprint density at radius 1 is 0.793 bits per heavy atom. The fraction of sp³-hybridized carbons (Fsp3) is 0.280. The molecule has 1 fully saturated rings. The summed E-state index contributed by atoms with van der Waals surface area (Å²) in [5, 5.41) is 0. The molecule has 0 spiro atoms. The first kappa shape index (κ1) is 17.9. The molecule has 1 amide bonds. The zero-order chi connectivity index (χ0) is 19.8. The summed E-state index contributed by atoms with van der Waals surface area (Å²) in [6.45, 7) is 2.10. The summed E-state index contributed by atoms with van der Waals surface area (Å²) in [5.74, 6) is 0.420. The lowest BCUT2D eigenvalue weighted by Crippen LogP contribution is -2.50. The summed E-state index contributed by atoms with van der Waals surface area (Å²) in [7, 11) is 0. The van der Waals surface area contributed by atoms with Gasteiger partial charge in [-0.2, -0.15) is 0 Å². The van der Waals surface area contributed by atoms with Gasteiger partial charge in [0.15, 0.2) is 0 Å². The Balaban J connectivity index is 1.49. The Morgan fingerprint density at radius 2 is 1.45 bits per heavy atom. The predicted molar refractivity (Wildman–Crippen MR) is 113 cm³/mol. The van der Waals surface area contributed by atoms with Crippen molar-refractivity contribution in [2.75, 3.05) is 13.1 Å². The van der Waals surface area contributed by atoms with Crippen LogP contribution in [0.2, 0.25) is 0 Å². The van der Waals surface area contributed by atoms with Gasteiger partial charge in [0, 0.05) is 37.3 Å². The summed E-state index contributed by atoms with van der Waals surface area (Å²) in [6, 6.07) is 25.6. The van der Waals surface area contributed by atoms with Crippen LogP contribution in [0.4, 0.5) is 0 Å². The number of aromatic nitrogens is 1. The van der Waals surface area contributed by atoms with Crippen molar-refractivity contribution in [2.24, 2.45) is 5.92 Å². The Labute approximate surface area is 170 Å². The molecule has 3 aromatic rings. The molecule has 0 N–H and O–H groups in total. The minimum atomic E-state index is -0.297. The lowest BCUT2D eigenvalue weighted by Gasteiger charge is -2.43. The zero-order valence-corrected chi connectivity index (χ0v) is 16.3. The number of benzene rings is 2. The van der Waals surface area contributed by atoms with Gasteiger partial charge in [-0.15, -0.1) is 0 Å². The number of fused-ring (bicyclic) bond motifs is 4. The number of amides is 1. The van der Waals surface area contributed by atoms with E-state index in [1.165, 1.54) is 0 Å². The smallest absolute Gasteiger partial charge is 0.250 e. The molecular weight excluding hydrogens is 360 g/mol. The van der Waals surface area contributed by atoms with Gasteiger partial charge in [-0.05, 0) is 29.5 Å². The number of nitrogens with zero attached hydrogens (tertiary/aromatic N) is 2. The monoisotopic (exact) mass is 384 g/mol. The van der Waals surface area contributed by atoms with Gasteiger partial charge in [-0.25, -0.2) is 0 Å². The number of rotatable bonds is 3. The molecule has 0 radical (unpaired) electrons. The van der Waals surface area contributed by atoms with E-state index in [1.54, 1.807) is 6.07 Å². The lowest BCUT2D eigenvalue weighted by molar-refractivity contribution is -0.134. The second kappa shape index (κ2) is 7.36. The SMILES string of the molecule is O=C(C(c1ccccc1)c1ccccc1)N1C[C@H]2C[C@H](C1)c1cccc(=O)n1C2. The molecule has 5 rings (SSSR count). The molecule has 0 aliphatic carbocycles. The lowest BCUT2D eigenvalue weighted by atomic mass is 9.81. The van der Waals surface area contributed by atoms with Crippen LogP contribution in [0.3, 0.4) is 0 Å². The third-order valence-electron chi connectivity index (χ3n) is 6.30. The van der Waals surface area contributed by atoms with E-state index in [0.717, 1.165) is 23.2 Å². The topological polar surface area (TPSA) is 42.3 Å². The normalized spacial score (nSPS) is 20.4. The molecule has 1 saturated heterocycles. The molecule has 2 bridgehead atoms. The number of hydrogen-bond donors (Lipinski definition) is 0. The standard InChI is InChI=1S/C25H24N2O2/c28-23-13-7-12-22-21-14-18(16-27(22)23)15-26(17-21)25(29)24(19-8-3-1-4-9-19)20-10-5-2-6-11-20/h1-13,18,21,24H,14-17H2/t18-,21-/m1/s1. The molecule has 3 heterocycles. The second-order valence-electron chi connectivity index (χ2n) is 8.20. The molecule has 0 unspecified atom stereocenters. The second-order valence-corrected chi connectivity index (χ2v) is 8.20. The van der Waals surface area contributed by atoms with Gasteiger partial charge in [0.05, 0.1) is 5.92 Å². The van der Waals surface area contributed by atoms with Crippen LogP contribution < -0.4 is 5.56 Å². The van der Waals surface area contributed by atoms with E-state index in [4.69, 9.17) is 0 Å². The molecule has 2 aromatic carbocycles. The highest BCUT2D eigenvalue weighted by Gasteiger charge is 2.38. The van der Waals surface area contributed by atoms with Crippen LogP contribution in [0.5, 0.6) is 0 Å². The largest absolute Gasteiger partial charge is 0.341 e. The summed E-state index contributed by atoms with van der Waals surface area (Å²) < 4.78 is 1.91. The van der Waals surface area contributed by atoms with Crippen molar-refractivity contribution >= 4 is 5.91 Å². The van der Waals surface area contributed by atoms with Gasteiger partial charge >= 0.3 is 0 Å². The van der Waals surface area contributed by atoms with Crippen molar-refractivity contribution in [1.29, 1.82) is 0 Å². The zero-order valence-electron chi connectivity index (χ0n) is 16.3. The molecule has 1 aromatic heterocycles. The van der Waals surface area contributed by atoms with Crippen LogP contribution in [0, 0.1) is 5.92 Å². The molecule has 2 aliphatic heterocycles. The fourth-order valence-corrected chi connectivity index (χ4v) is 5.03. The predicted octanol–water partition coefficient (Wildman–Crippen LogP) is 3.63. The van der Waals surface area contributed by atoms with Gasteiger partial charge in [0.25, 0.3) is 5.56 Å². The molecule has 146 valence electrons. The summed E-state index contributed by atoms with van der Waals surface area (Å²) in [5.41, 5.74) is 3.19. The van der Waals surface area contributed by atoms with E-state index < -0.39 is 0 Å². The highest BCUT2D eigenvalue weighted by molar-refractivity contribution is 5.87. The number of piperidine rings is 1. The van der Waals surface area contributed by atoms with Crippen molar-refractivity contribution < 1.29 is 4.79 Å². The first-order valence-corrected chi connectivity index (χ1v) is 10.3. The molecule has 29 heavy (non-hydrogen) atoms. The third kappa shape index (κ3) is 3.29. The van der Waals surface area contributed by atoms with E-state index in [9.17, 15) is 9.59 Å². The minimum Gasteiger partial charge on any atom is -0.341 e. The van der Waals surface area contributed by atoms with Crippen molar-refractivity contribution in [3.63, 3.8) is 0 Å². The van der Waals surface area contributed by atoms with Crippen molar-refractivity contribution in [1.82, 2.24) is 9.47 Å². The molecule has 2 atom stereocenters. The average molecular weight is 384 g/mol. The van der Waals surface area contributed by atoms with Crippen LogP contribution in [0.15, 0.2) is 83.7 Å². The Kier molecular flexibility index (Phi) is 4.55. The minimum absolute atomic E-state index is 0.0726. The highest BCUT2D eigenvalue weighted by atomic mass is 16.2. The van der Waals surface area contributed by atoms with Crippen LogP contribution in [0.25, 0.3) is 0 Å². The Morgan fingerprint density at radius 3 is 2.10 bits per heavy atom. The first-order valence-electron chi connectivity index (χ1n) is 10.3. The van der Waals surface area contributed by atoms with E-state index in [1.807, 2.05) is 82.3 Å². The molecule has 2 aliphatic rings. The van der Waals surface area contributed by atoms with Crippen LogP contribution in [0.1, 0.15) is 35.1 Å². The number of likely N-dealkylation sites (tertiary alicyclic amines) is 1. The number of carbonyl (C=O) groups is 1. The van der Waals surface area contributed by atoms with E-state index in [-0.39, 0.29) is 23.3 Å². The van der Waals surface area contributed by atoms with E-state index >= 15 is 0 Å². The van der Waals surface area contributed by atoms with Crippen molar-refractivity contribution in [3.05, 3.63) is 106 Å². The van der Waals surface area contributed by atoms with Gasteiger partial charge in [-0.3, -0.25) is 9.59 Å². The van der Waals surface area contributed by atoms with Gasteiger partial charge in [-0.1, -0.05) is 66.7 Å². The van der Waals surface area contributed by atoms with Crippen LogP contribution in [-0.4, -0.2) is 28.5 Å². The van der Waals surface area contributed by atoms with Crippen LogP contribution in [-0.2, 0) is 11.3 Å². The quantitative estimate of drug-likeness (QED) is 0.692.